The normalized spacial score (nSPS) is 11.5. The molecule has 0 saturated heterocycles. The number of hydrogen-bond donors (Lipinski definition) is 1. The van der Waals surface area contributed by atoms with Crippen LogP contribution in [-0.4, -0.2) is 19.9 Å². The number of aromatic amines is 1. The summed E-state index contributed by atoms with van der Waals surface area (Å²) in [6, 6.07) is 3.93. The topological polar surface area (TPSA) is 54.5 Å². The molecule has 0 aliphatic carbocycles. The molecule has 0 atom stereocenters. The average Bonchev–Trinajstić information content (AvgIpc) is 3.05. The van der Waals surface area contributed by atoms with Crippen LogP contribution in [0, 0.1) is 0 Å². The summed E-state index contributed by atoms with van der Waals surface area (Å²) in [5.41, 5.74) is 3.51. The van der Waals surface area contributed by atoms with Crippen molar-refractivity contribution in [1.82, 2.24) is 19.9 Å². The maximum absolute atomic E-state index is 6.07. The second-order valence-electron chi connectivity index (χ2n) is 4.20. The first-order valence-electron chi connectivity index (χ1n) is 5.77. The lowest BCUT2D eigenvalue weighted by Gasteiger charge is -2.04. The summed E-state index contributed by atoms with van der Waals surface area (Å²) in [5, 5.41) is 3.26. The molecular weight excluding hydrogens is 360 g/mol. The van der Waals surface area contributed by atoms with E-state index in [9.17, 15) is 0 Å². The summed E-state index contributed by atoms with van der Waals surface area (Å²) in [6.07, 6.45) is 3.63. The van der Waals surface area contributed by atoms with Crippen molar-refractivity contribution in [2.75, 3.05) is 0 Å². The predicted octanol–water partition coefficient (Wildman–Crippen LogP) is 4.65. The number of aromatic nitrogens is 4. The summed E-state index contributed by atoms with van der Waals surface area (Å²) < 4.78 is 1.94. The standard InChI is InChI=1S/C13H6BrClN4S/c14-8-5-20-11-9(18-13(15)19-10(8)11)6-1-3-16-12-7(6)2-4-17-12/h1-5H,(H,16,17). The lowest BCUT2D eigenvalue weighted by molar-refractivity contribution is 1.23. The zero-order chi connectivity index (χ0) is 13.7. The molecule has 4 heterocycles. The van der Waals surface area contributed by atoms with Crippen molar-refractivity contribution in [3.8, 4) is 11.3 Å². The van der Waals surface area contributed by atoms with Gasteiger partial charge in [-0.1, -0.05) is 0 Å². The maximum Gasteiger partial charge on any atom is 0.223 e. The fraction of sp³-hybridized carbons (Fsp3) is 0. The van der Waals surface area contributed by atoms with Gasteiger partial charge in [0.1, 0.15) is 11.2 Å². The highest BCUT2D eigenvalue weighted by atomic mass is 79.9. The smallest absolute Gasteiger partial charge is 0.223 e. The third-order valence-electron chi connectivity index (χ3n) is 3.06. The Hall–Kier alpha value is -1.50. The van der Waals surface area contributed by atoms with E-state index in [4.69, 9.17) is 11.6 Å². The second-order valence-corrected chi connectivity index (χ2v) is 6.27. The summed E-state index contributed by atoms with van der Waals surface area (Å²) in [4.78, 5) is 16.1. The van der Waals surface area contributed by atoms with Gasteiger partial charge in [-0.05, 0) is 39.7 Å². The lowest BCUT2D eigenvalue weighted by Crippen LogP contribution is -1.90. The molecule has 0 bridgehead atoms. The van der Waals surface area contributed by atoms with Crippen molar-refractivity contribution < 1.29 is 0 Å². The molecule has 20 heavy (non-hydrogen) atoms. The van der Waals surface area contributed by atoms with Crippen molar-refractivity contribution in [3.05, 3.63) is 39.7 Å². The molecule has 0 aliphatic rings. The SMILES string of the molecule is Clc1nc(-c2ccnc3[nH]ccc23)c2scc(Br)c2n1. The third kappa shape index (κ3) is 1.76. The number of rotatable bonds is 1. The molecule has 0 amide bonds. The van der Waals surface area contributed by atoms with Crippen LogP contribution < -0.4 is 0 Å². The fourth-order valence-electron chi connectivity index (χ4n) is 2.21. The molecule has 0 aliphatic heterocycles. The van der Waals surface area contributed by atoms with Crippen LogP contribution in [-0.2, 0) is 0 Å². The number of pyridine rings is 1. The molecular formula is C13H6BrClN4S. The van der Waals surface area contributed by atoms with Gasteiger partial charge in [-0.15, -0.1) is 11.3 Å². The Morgan fingerprint density at radius 2 is 2.15 bits per heavy atom. The number of fused-ring (bicyclic) bond motifs is 2. The summed E-state index contributed by atoms with van der Waals surface area (Å²) in [6.45, 7) is 0. The minimum absolute atomic E-state index is 0.243. The Morgan fingerprint density at radius 1 is 1.25 bits per heavy atom. The zero-order valence-corrected chi connectivity index (χ0v) is 13.1. The zero-order valence-electron chi connectivity index (χ0n) is 9.89. The average molecular weight is 366 g/mol. The molecule has 1 N–H and O–H groups in total. The number of nitrogens with one attached hydrogen (secondary N) is 1. The first kappa shape index (κ1) is 12.3. The van der Waals surface area contributed by atoms with E-state index < -0.39 is 0 Å². The van der Waals surface area contributed by atoms with Gasteiger partial charge >= 0.3 is 0 Å². The van der Waals surface area contributed by atoms with Gasteiger partial charge < -0.3 is 4.98 Å². The predicted molar refractivity (Wildman–Crippen MR) is 85.2 cm³/mol. The first-order chi connectivity index (χ1) is 9.74. The highest BCUT2D eigenvalue weighted by molar-refractivity contribution is 9.10. The number of H-pyrrole nitrogens is 1. The first-order valence-corrected chi connectivity index (χ1v) is 7.82. The number of halogens is 2. The Morgan fingerprint density at radius 3 is 3.05 bits per heavy atom. The van der Waals surface area contributed by atoms with E-state index in [1.54, 1.807) is 17.5 Å². The van der Waals surface area contributed by atoms with Crippen molar-refractivity contribution in [2.45, 2.75) is 0 Å². The second kappa shape index (κ2) is 4.51. The van der Waals surface area contributed by atoms with Crippen LogP contribution in [0.25, 0.3) is 32.5 Å². The monoisotopic (exact) mass is 364 g/mol. The van der Waals surface area contributed by atoms with Gasteiger partial charge in [-0.25, -0.2) is 15.0 Å². The van der Waals surface area contributed by atoms with E-state index in [-0.39, 0.29) is 5.28 Å². The molecule has 0 aromatic carbocycles. The van der Waals surface area contributed by atoms with Gasteiger partial charge in [-0.2, -0.15) is 0 Å². The van der Waals surface area contributed by atoms with Gasteiger partial charge in [0.25, 0.3) is 0 Å². The van der Waals surface area contributed by atoms with Crippen LogP contribution in [0.4, 0.5) is 0 Å². The quantitative estimate of drug-likeness (QED) is 0.500. The van der Waals surface area contributed by atoms with Gasteiger partial charge in [0, 0.05) is 28.7 Å². The molecule has 0 spiro atoms. The maximum atomic E-state index is 6.07. The van der Waals surface area contributed by atoms with Gasteiger partial charge in [0.05, 0.1) is 14.9 Å². The minimum Gasteiger partial charge on any atom is -0.346 e. The largest absolute Gasteiger partial charge is 0.346 e. The lowest BCUT2D eigenvalue weighted by atomic mass is 10.1. The molecule has 4 aromatic rings. The molecule has 4 nitrogen and oxygen atoms in total. The Balaban J connectivity index is 2.14. The highest BCUT2D eigenvalue weighted by Gasteiger charge is 2.15. The summed E-state index contributed by atoms with van der Waals surface area (Å²) >= 11 is 11.2. The third-order valence-corrected chi connectivity index (χ3v) is 5.11. The van der Waals surface area contributed by atoms with Crippen molar-refractivity contribution in [3.63, 3.8) is 0 Å². The van der Waals surface area contributed by atoms with Gasteiger partial charge in [0.2, 0.25) is 5.28 Å². The van der Waals surface area contributed by atoms with E-state index in [0.717, 1.165) is 37.0 Å². The molecule has 7 heteroatoms. The van der Waals surface area contributed by atoms with Crippen LogP contribution in [0.3, 0.4) is 0 Å². The summed E-state index contributed by atoms with van der Waals surface area (Å²) in [7, 11) is 0. The van der Waals surface area contributed by atoms with Crippen LogP contribution in [0.2, 0.25) is 5.28 Å². The van der Waals surface area contributed by atoms with E-state index in [1.807, 2.05) is 23.7 Å². The molecule has 98 valence electrons. The van der Waals surface area contributed by atoms with E-state index in [1.165, 1.54) is 0 Å². The van der Waals surface area contributed by atoms with Crippen LogP contribution in [0.15, 0.2) is 34.4 Å². The Kier molecular flexibility index (Phi) is 2.76. The number of thiophene rings is 1. The highest BCUT2D eigenvalue weighted by Crippen LogP contribution is 2.37. The molecule has 0 unspecified atom stereocenters. The summed E-state index contributed by atoms with van der Waals surface area (Å²) in [5.74, 6) is 0. The molecule has 4 aromatic heterocycles. The molecule has 4 rings (SSSR count). The Labute approximate surface area is 131 Å². The van der Waals surface area contributed by atoms with Crippen LogP contribution in [0.5, 0.6) is 0 Å². The minimum atomic E-state index is 0.243. The van der Waals surface area contributed by atoms with Crippen LogP contribution >= 0.6 is 38.9 Å². The van der Waals surface area contributed by atoms with E-state index in [0.29, 0.717) is 0 Å². The van der Waals surface area contributed by atoms with Gasteiger partial charge in [0.15, 0.2) is 0 Å². The van der Waals surface area contributed by atoms with E-state index in [2.05, 4.69) is 35.9 Å². The van der Waals surface area contributed by atoms with Crippen LogP contribution in [0.1, 0.15) is 0 Å². The Bertz CT molecular complexity index is 946. The molecule has 0 saturated carbocycles. The molecule has 0 radical (unpaired) electrons. The fourth-order valence-corrected chi connectivity index (χ4v) is 3.95. The van der Waals surface area contributed by atoms with E-state index >= 15 is 0 Å². The number of hydrogen-bond acceptors (Lipinski definition) is 4. The van der Waals surface area contributed by atoms with Gasteiger partial charge in [-0.3, -0.25) is 0 Å². The molecule has 0 fully saturated rings. The van der Waals surface area contributed by atoms with Crippen molar-refractivity contribution in [2.24, 2.45) is 0 Å². The van der Waals surface area contributed by atoms with Crippen molar-refractivity contribution >= 4 is 60.1 Å². The number of nitrogens with zero attached hydrogens (tertiary/aromatic N) is 3. The van der Waals surface area contributed by atoms with Crippen molar-refractivity contribution in [1.29, 1.82) is 0 Å².